The zero-order valence-electron chi connectivity index (χ0n) is 11.1. The molecule has 4 nitrogen and oxygen atoms in total. The molecule has 1 aromatic carbocycles. The Balaban J connectivity index is 2.93. The number of methoxy groups -OCH3 is 1. The fourth-order valence-electron chi connectivity index (χ4n) is 1.41. The van der Waals surface area contributed by atoms with Crippen LogP contribution in [0.2, 0.25) is 0 Å². The van der Waals surface area contributed by atoms with Crippen LogP contribution < -0.4 is 0 Å². The largest absolute Gasteiger partial charge is 0.478 e. The summed E-state index contributed by atoms with van der Waals surface area (Å²) in [5.74, 6) is -0.709. The van der Waals surface area contributed by atoms with E-state index in [0.717, 1.165) is 0 Å². The first kappa shape index (κ1) is 16.3. The van der Waals surface area contributed by atoms with Crippen LogP contribution in [0.3, 0.4) is 0 Å². The number of halogens is 1. The van der Waals surface area contributed by atoms with Crippen molar-refractivity contribution in [2.24, 2.45) is 0 Å². The van der Waals surface area contributed by atoms with Crippen molar-refractivity contribution in [3.8, 4) is 0 Å². The Morgan fingerprint density at radius 1 is 1.47 bits per heavy atom. The number of ether oxygens (including phenoxy) is 1. The predicted molar refractivity (Wildman–Crippen MR) is 78.1 cm³/mol. The van der Waals surface area contributed by atoms with Crippen molar-refractivity contribution >= 4 is 32.7 Å². The summed E-state index contributed by atoms with van der Waals surface area (Å²) in [5, 5.41) is 9.11. The zero-order valence-corrected chi connectivity index (χ0v) is 13.5. The van der Waals surface area contributed by atoms with E-state index < -0.39 is 16.8 Å². The van der Waals surface area contributed by atoms with Crippen molar-refractivity contribution in [2.75, 3.05) is 12.9 Å². The topological polar surface area (TPSA) is 63.6 Å². The number of benzene rings is 1. The van der Waals surface area contributed by atoms with Gasteiger partial charge in [0.1, 0.15) is 0 Å². The third-order valence-electron chi connectivity index (χ3n) is 2.86. The second-order valence-corrected chi connectivity index (χ2v) is 7.16. The molecule has 19 heavy (non-hydrogen) atoms. The molecule has 106 valence electrons. The van der Waals surface area contributed by atoms with Gasteiger partial charge in [0.2, 0.25) is 0 Å². The van der Waals surface area contributed by atoms with Crippen molar-refractivity contribution in [1.29, 1.82) is 0 Å². The average Bonchev–Trinajstić information content (AvgIpc) is 2.35. The summed E-state index contributed by atoms with van der Waals surface area (Å²) in [6.07, 6.45) is 0.585. The van der Waals surface area contributed by atoms with E-state index in [0.29, 0.717) is 21.5 Å². The highest BCUT2D eigenvalue weighted by atomic mass is 79.9. The Morgan fingerprint density at radius 2 is 2.11 bits per heavy atom. The van der Waals surface area contributed by atoms with Crippen LogP contribution >= 0.6 is 15.9 Å². The van der Waals surface area contributed by atoms with Gasteiger partial charge in [0, 0.05) is 17.3 Å². The molecule has 0 amide bonds. The Kier molecular flexibility index (Phi) is 5.70. The lowest BCUT2D eigenvalue weighted by Gasteiger charge is -2.22. The Labute approximate surface area is 123 Å². The summed E-state index contributed by atoms with van der Waals surface area (Å²) < 4.78 is 18.2. The fraction of sp³-hybridized carbons (Fsp3) is 0.462. The van der Waals surface area contributed by atoms with Gasteiger partial charge in [0.05, 0.1) is 26.9 Å². The number of carboxylic acids is 1. The van der Waals surface area contributed by atoms with Crippen molar-refractivity contribution in [1.82, 2.24) is 0 Å². The molecule has 0 heterocycles. The second kappa shape index (κ2) is 6.63. The molecule has 6 heteroatoms. The molecule has 0 aliphatic carbocycles. The molecular weight excluding hydrogens is 332 g/mol. The number of rotatable bonds is 6. The van der Waals surface area contributed by atoms with Gasteiger partial charge >= 0.3 is 5.97 Å². The third-order valence-corrected chi connectivity index (χ3v) is 4.76. The predicted octanol–water partition coefficient (Wildman–Crippen LogP) is 3.07. The smallest absolute Gasteiger partial charge is 0.336 e. The minimum atomic E-state index is -1.36. The summed E-state index contributed by atoms with van der Waals surface area (Å²) in [6, 6.07) is 4.68. The van der Waals surface area contributed by atoms with Crippen LogP contribution in [0, 0.1) is 0 Å². The summed E-state index contributed by atoms with van der Waals surface area (Å²) in [4.78, 5) is 11.5. The molecule has 0 saturated carbocycles. The first-order valence-electron chi connectivity index (χ1n) is 5.73. The van der Waals surface area contributed by atoms with E-state index in [9.17, 15) is 9.00 Å². The van der Waals surface area contributed by atoms with Gasteiger partial charge in [-0.25, -0.2) is 4.79 Å². The SMILES string of the molecule is COC(C)(C)CCS(=O)c1cc(Br)ccc1C(=O)O. The average molecular weight is 349 g/mol. The minimum absolute atomic E-state index is 0.0803. The van der Waals surface area contributed by atoms with Gasteiger partial charge in [-0.1, -0.05) is 15.9 Å². The van der Waals surface area contributed by atoms with Crippen LogP contribution in [-0.2, 0) is 15.5 Å². The molecule has 0 fully saturated rings. The zero-order chi connectivity index (χ0) is 14.6. The Hall–Kier alpha value is -0.720. The van der Waals surface area contributed by atoms with Crippen molar-refractivity contribution in [2.45, 2.75) is 30.8 Å². The molecule has 1 atom stereocenters. The molecule has 0 bridgehead atoms. The lowest BCUT2D eigenvalue weighted by Crippen LogP contribution is -2.25. The molecule has 0 spiro atoms. The van der Waals surface area contributed by atoms with Crippen LogP contribution in [0.5, 0.6) is 0 Å². The molecule has 0 aliphatic heterocycles. The summed E-state index contributed by atoms with van der Waals surface area (Å²) >= 11 is 3.27. The molecule has 1 unspecified atom stereocenters. The van der Waals surface area contributed by atoms with Crippen LogP contribution in [-0.4, -0.2) is 33.7 Å². The van der Waals surface area contributed by atoms with Crippen molar-refractivity contribution in [3.63, 3.8) is 0 Å². The van der Waals surface area contributed by atoms with Gasteiger partial charge in [-0.3, -0.25) is 4.21 Å². The quantitative estimate of drug-likeness (QED) is 0.857. The van der Waals surface area contributed by atoms with E-state index in [-0.39, 0.29) is 11.2 Å². The van der Waals surface area contributed by atoms with E-state index in [1.807, 2.05) is 13.8 Å². The third kappa shape index (κ3) is 4.71. The van der Waals surface area contributed by atoms with E-state index in [4.69, 9.17) is 9.84 Å². The second-order valence-electron chi connectivity index (χ2n) is 4.71. The highest BCUT2D eigenvalue weighted by molar-refractivity contribution is 9.10. The van der Waals surface area contributed by atoms with Gasteiger partial charge in [0.15, 0.2) is 0 Å². The van der Waals surface area contributed by atoms with Crippen LogP contribution in [0.25, 0.3) is 0 Å². The first-order chi connectivity index (χ1) is 8.76. The molecule has 1 rings (SSSR count). The van der Waals surface area contributed by atoms with E-state index in [1.165, 1.54) is 6.07 Å². The first-order valence-corrected chi connectivity index (χ1v) is 7.84. The number of hydrogen-bond donors (Lipinski definition) is 1. The highest BCUT2D eigenvalue weighted by Gasteiger charge is 2.21. The monoisotopic (exact) mass is 348 g/mol. The molecule has 1 N–H and O–H groups in total. The molecule has 0 aliphatic rings. The van der Waals surface area contributed by atoms with Crippen LogP contribution in [0.1, 0.15) is 30.6 Å². The maximum atomic E-state index is 12.3. The number of carboxylic acid groups (broad SMARTS) is 1. The lowest BCUT2D eigenvalue weighted by atomic mass is 10.1. The van der Waals surface area contributed by atoms with Crippen molar-refractivity contribution in [3.05, 3.63) is 28.2 Å². The van der Waals surface area contributed by atoms with Crippen molar-refractivity contribution < 1.29 is 18.8 Å². The van der Waals surface area contributed by atoms with Gasteiger partial charge in [-0.15, -0.1) is 0 Å². The standard InChI is InChI=1S/C13H17BrO4S/c1-13(2,18-3)6-7-19(17)11-8-9(14)4-5-10(11)12(15)16/h4-5,8H,6-7H2,1-3H3,(H,15,16). The summed E-state index contributed by atoms with van der Waals surface area (Å²) in [7, 11) is 0.237. The summed E-state index contributed by atoms with van der Waals surface area (Å²) in [6.45, 7) is 3.81. The van der Waals surface area contributed by atoms with E-state index in [1.54, 1.807) is 19.2 Å². The van der Waals surface area contributed by atoms with Crippen LogP contribution in [0.4, 0.5) is 0 Å². The Morgan fingerprint density at radius 3 is 2.63 bits per heavy atom. The Bertz CT molecular complexity index is 499. The minimum Gasteiger partial charge on any atom is -0.478 e. The molecule has 0 saturated heterocycles. The lowest BCUT2D eigenvalue weighted by molar-refractivity contribution is 0.0205. The molecule has 0 aromatic heterocycles. The molecule has 1 aromatic rings. The summed E-state index contributed by atoms with van der Waals surface area (Å²) in [5.41, 5.74) is -0.290. The number of aromatic carboxylic acids is 1. The molecular formula is C13H17BrO4S. The van der Waals surface area contributed by atoms with E-state index in [2.05, 4.69) is 15.9 Å². The number of hydrogen-bond acceptors (Lipinski definition) is 3. The maximum absolute atomic E-state index is 12.3. The normalized spacial score (nSPS) is 13.3. The van der Waals surface area contributed by atoms with E-state index >= 15 is 0 Å². The van der Waals surface area contributed by atoms with Gasteiger partial charge in [0.25, 0.3) is 0 Å². The number of carbonyl (C=O) groups is 1. The van der Waals surface area contributed by atoms with Gasteiger partial charge < -0.3 is 9.84 Å². The van der Waals surface area contributed by atoms with Gasteiger partial charge in [-0.2, -0.15) is 0 Å². The van der Waals surface area contributed by atoms with Gasteiger partial charge in [-0.05, 0) is 38.5 Å². The molecule has 0 radical (unpaired) electrons. The highest BCUT2D eigenvalue weighted by Crippen LogP contribution is 2.22. The van der Waals surface area contributed by atoms with Crippen LogP contribution in [0.15, 0.2) is 27.6 Å². The fourth-order valence-corrected chi connectivity index (χ4v) is 3.48. The maximum Gasteiger partial charge on any atom is 0.336 e.